The number of nitrogens with zero attached hydrogens (tertiary/aromatic N) is 3. The second kappa shape index (κ2) is 21.4. The summed E-state index contributed by atoms with van der Waals surface area (Å²) in [5, 5.41) is 24.4. The standard InChI is InChI=1S/C44H61N9O6S/c1-44(2,3)59-43(58)47-31-18-21-53(22-19-31)42(57)52-36(25-30-14-8-5-9-15-30)39(55)49-37(26-32-27-45-28-46-32)40(56)48-35(24-29-12-6-4-7-13-29)38(54)20-23-60-41-50-33-16-10-11-17-34(33)51-41/h5,8-11,14-17,27-29,31,35-38,54H,4,6-7,12-13,18-26H2,1-3H3,(H,45,46)(H,47,58)(H,48,56)(H,49,55)(H,50,51)(H,52,57)/t35-,36-,37-,38-/m0/s1. The Kier molecular flexibility index (Phi) is 15.9. The summed E-state index contributed by atoms with van der Waals surface area (Å²) in [4.78, 5) is 71.5. The predicted octanol–water partition coefficient (Wildman–Crippen LogP) is 5.62. The van der Waals surface area contributed by atoms with Crippen molar-refractivity contribution in [2.24, 2.45) is 5.92 Å². The lowest BCUT2D eigenvalue weighted by molar-refractivity contribution is -0.130. The quantitative estimate of drug-likeness (QED) is 0.0658. The Morgan fingerprint density at radius 1 is 0.900 bits per heavy atom. The highest BCUT2D eigenvalue weighted by molar-refractivity contribution is 7.99. The third kappa shape index (κ3) is 13.7. The number of aromatic nitrogens is 4. The normalized spacial score (nSPS) is 17.3. The monoisotopic (exact) mass is 843 g/mol. The lowest BCUT2D eigenvalue weighted by atomic mass is 9.83. The highest BCUT2D eigenvalue weighted by Gasteiger charge is 2.33. The van der Waals surface area contributed by atoms with Crippen LogP contribution in [0.1, 0.15) is 89.8 Å². The van der Waals surface area contributed by atoms with Gasteiger partial charge in [0.25, 0.3) is 0 Å². The van der Waals surface area contributed by atoms with Crippen molar-refractivity contribution in [1.29, 1.82) is 0 Å². The van der Waals surface area contributed by atoms with Crippen molar-refractivity contribution in [2.75, 3.05) is 18.8 Å². The van der Waals surface area contributed by atoms with Crippen LogP contribution in [0.5, 0.6) is 0 Å². The number of H-pyrrole nitrogens is 2. The SMILES string of the molecule is CC(C)(C)OC(=O)NC1CCN(C(=O)N[C@@H](Cc2ccccc2)C(=O)N[C@@H](Cc2cnc[nH]2)C(=O)N[C@@H](CC2CCCCC2)[C@@H](O)CCSc2nc3ccccc3[nH]2)CC1. The van der Waals surface area contributed by atoms with E-state index in [-0.39, 0.29) is 18.9 Å². The van der Waals surface area contributed by atoms with Crippen LogP contribution in [0.3, 0.4) is 0 Å². The van der Waals surface area contributed by atoms with Crippen LogP contribution in [0, 0.1) is 5.92 Å². The summed E-state index contributed by atoms with van der Waals surface area (Å²) in [6.07, 6.45) is 9.75. The zero-order valence-corrected chi connectivity index (χ0v) is 35.8. The Labute approximate surface area is 356 Å². The van der Waals surface area contributed by atoms with E-state index >= 15 is 0 Å². The van der Waals surface area contributed by atoms with Crippen molar-refractivity contribution in [3.05, 3.63) is 78.4 Å². The topological polar surface area (TPSA) is 206 Å². The van der Waals surface area contributed by atoms with Gasteiger partial charge in [-0.3, -0.25) is 9.59 Å². The molecule has 324 valence electrons. The summed E-state index contributed by atoms with van der Waals surface area (Å²) in [7, 11) is 0. The summed E-state index contributed by atoms with van der Waals surface area (Å²) in [6, 6.07) is 14.1. The van der Waals surface area contributed by atoms with E-state index < -0.39 is 53.8 Å². The molecule has 2 aromatic heterocycles. The van der Waals surface area contributed by atoms with Gasteiger partial charge < -0.3 is 46.0 Å². The lowest BCUT2D eigenvalue weighted by Crippen LogP contribution is -2.59. The molecule has 6 rings (SSSR count). The number of carbonyl (C=O) groups excluding carboxylic acids is 4. The van der Waals surface area contributed by atoms with E-state index in [0.29, 0.717) is 56.1 Å². The van der Waals surface area contributed by atoms with Gasteiger partial charge in [-0.1, -0.05) is 86.3 Å². The Hall–Kier alpha value is -5.09. The van der Waals surface area contributed by atoms with E-state index in [2.05, 4.69) is 41.2 Å². The van der Waals surface area contributed by atoms with Crippen LogP contribution >= 0.6 is 11.8 Å². The summed E-state index contributed by atoms with van der Waals surface area (Å²) in [5.74, 6) is 0.0172. The van der Waals surface area contributed by atoms with Gasteiger partial charge in [0.05, 0.1) is 29.5 Å². The third-order valence-electron chi connectivity index (χ3n) is 11.1. The summed E-state index contributed by atoms with van der Waals surface area (Å²) in [5.41, 5.74) is 2.70. The number of likely N-dealkylation sites (tertiary alicyclic amines) is 1. The maximum absolute atomic E-state index is 14.4. The molecular weight excluding hydrogens is 783 g/mol. The first-order valence-corrected chi connectivity index (χ1v) is 22.3. The molecule has 0 bridgehead atoms. The Bertz CT molecular complexity index is 1940. The van der Waals surface area contributed by atoms with Crippen molar-refractivity contribution in [3.8, 4) is 0 Å². The largest absolute Gasteiger partial charge is 0.444 e. The van der Waals surface area contributed by atoms with Crippen molar-refractivity contribution >= 4 is 46.7 Å². The number of fused-ring (bicyclic) bond motifs is 1. The molecule has 7 N–H and O–H groups in total. The number of para-hydroxylation sites is 2. The molecule has 3 heterocycles. The summed E-state index contributed by atoms with van der Waals surface area (Å²) in [6.45, 7) is 6.16. The number of hydrogen-bond donors (Lipinski definition) is 7. The number of aliphatic hydroxyl groups is 1. The average molecular weight is 844 g/mol. The molecular formula is C44H61N9O6S. The number of imidazole rings is 2. The number of carbonyl (C=O) groups is 4. The first-order valence-electron chi connectivity index (χ1n) is 21.3. The smallest absolute Gasteiger partial charge is 0.407 e. The van der Waals surface area contributed by atoms with Gasteiger partial charge in [-0.2, -0.15) is 0 Å². The van der Waals surface area contributed by atoms with Crippen LogP contribution in [0.25, 0.3) is 11.0 Å². The minimum atomic E-state index is -1.03. The Balaban J connectivity index is 1.12. The van der Waals surface area contributed by atoms with Crippen molar-refractivity contribution < 1.29 is 29.0 Å². The first kappa shape index (κ1) is 44.5. The molecule has 5 amide bonds. The molecule has 2 aliphatic rings. The van der Waals surface area contributed by atoms with Crippen LogP contribution in [0.2, 0.25) is 0 Å². The number of thioether (sulfide) groups is 1. The minimum absolute atomic E-state index is 0.121. The molecule has 1 aliphatic carbocycles. The van der Waals surface area contributed by atoms with Gasteiger partial charge in [0.2, 0.25) is 11.8 Å². The van der Waals surface area contributed by atoms with Crippen molar-refractivity contribution in [2.45, 2.75) is 132 Å². The van der Waals surface area contributed by atoms with Gasteiger partial charge >= 0.3 is 12.1 Å². The van der Waals surface area contributed by atoms with Crippen LogP contribution in [-0.2, 0) is 27.2 Å². The van der Waals surface area contributed by atoms with Gasteiger partial charge in [-0.15, -0.1) is 0 Å². The molecule has 4 atom stereocenters. The van der Waals surface area contributed by atoms with Gasteiger partial charge in [0, 0.05) is 49.6 Å². The molecule has 2 fully saturated rings. The highest BCUT2D eigenvalue weighted by atomic mass is 32.2. The number of nitrogens with one attached hydrogen (secondary N) is 6. The number of urea groups is 1. The maximum Gasteiger partial charge on any atom is 0.407 e. The maximum atomic E-state index is 14.4. The van der Waals surface area contributed by atoms with Gasteiger partial charge in [0.1, 0.15) is 17.7 Å². The third-order valence-corrected chi connectivity index (χ3v) is 12.0. The zero-order chi connectivity index (χ0) is 42.5. The number of hydrogen-bond acceptors (Lipinski definition) is 9. The second-order valence-corrected chi connectivity index (χ2v) is 18.1. The van der Waals surface area contributed by atoms with Crippen LogP contribution in [0.4, 0.5) is 9.59 Å². The number of aliphatic hydroxyl groups excluding tert-OH is 1. The summed E-state index contributed by atoms with van der Waals surface area (Å²) < 4.78 is 5.40. The van der Waals surface area contributed by atoms with E-state index in [0.717, 1.165) is 47.4 Å². The average Bonchev–Trinajstić information content (AvgIpc) is 3.90. The van der Waals surface area contributed by atoms with E-state index in [4.69, 9.17) is 4.74 Å². The molecule has 0 spiro atoms. The van der Waals surface area contributed by atoms with E-state index in [1.165, 1.54) is 24.5 Å². The van der Waals surface area contributed by atoms with Gasteiger partial charge in [-0.05, 0) is 70.1 Å². The predicted molar refractivity (Wildman–Crippen MR) is 231 cm³/mol. The molecule has 60 heavy (non-hydrogen) atoms. The summed E-state index contributed by atoms with van der Waals surface area (Å²) >= 11 is 1.53. The molecule has 1 saturated carbocycles. The molecule has 2 aromatic carbocycles. The van der Waals surface area contributed by atoms with Crippen molar-refractivity contribution in [1.82, 2.24) is 46.1 Å². The van der Waals surface area contributed by atoms with Crippen LogP contribution in [-0.4, -0.2) is 109 Å². The fraction of sp³-hybridized carbons (Fsp3) is 0.545. The molecule has 15 nitrogen and oxygen atoms in total. The Morgan fingerprint density at radius 2 is 1.60 bits per heavy atom. The first-order chi connectivity index (χ1) is 28.9. The molecule has 0 radical (unpaired) electrons. The Morgan fingerprint density at radius 3 is 2.30 bits per heavy atom. The van der Waals surface area contributed by atoms with Crippen LogP contribution in [0.15, 0.2) is 72.3 Å². The number of aromatic amines is 2. The zero-order valence-electron chi connectivity index (χ0n) is 35.0. The van der Waals surface area contributed by atoms with E-state index in [9.17, 15) is 24.3 Å². The van der Waals surface area contributed by atoms with Gasteiger partial charge in [0.15, 0.2) is 5.16 Å². The second-order valence-electron chi connectivity index (χ2n) is 17.1. The molecule has 4 aromatic rings. The molecule has 0 unspecified atom stereocenters. The molecule has 16 heteroatoms. The van der Waals surface area contributed by atoms with E-state index in [1.807, 2.05) is 54.6 Å². The highest BCUT2D eigenvalue weighted by Crippen LogP contribution is 2.29. The van der Waals surface area contributed by atoms with Crippen LogP contribution < -0.4 is 21.3 Å². The van der Waals surface area contributed by atoms with Gasteiger partial charge in [-0.25, -0.2) is 19.6 Å². The molecule has 1 saturated heterocycles. The number of piperidine rings is 1. The van der Waals surface area contributed by atoms with E-state index in [1.54, 1.807) is 31.9 Å². The fourth-order valence-corrected chi connectivity index (χ4v) is 8.85. The number of amides is 5. The number of ether oxygens (including phenoxy) is 1. The number of benzene rings is 2. The number of rotatable bonds is 17. The van der Waals surface area contributed by atoms with Crippen molar-refractivity contribution in [3.63, 3.8) is 0 Å². The lowest BCUT2D eigenvalue weighted by Gasteiger charge is -2.34. The minimum Gasteiger partial charge on any atom is -0.444 e. The molecule has 1 aliphatic heterocycles. The fourth-order valence-electron chi connectivity index (χ4n) is 7.95. The number of alkyl carbamates (subject to hydrolysis) is 1.